The molecular formula is C14H17BrFN3. The molecule has 1 N–H and O–H groups in total. The third kappa shape index (κ3) is 3.22. The first kappa shape index (κ1) is 14.2. The van der Waals surface area contributed by atoms with Crippen molar-refractivity contribution >= 4 is 15.9 Å². The van der Waals surface area contributed by atoms with Crippen LogP contribution in [0.3, 0.4) is 0 Å². The maximum atomic E-state index is 13.6. The van der Waals surface area contributed by atoms with Crippen LogP contribution in [0.25, 0.3) is 0 Å². The Labute approximate surface area is 121 Å². The van der Waals surface area contributed by atoms with Crippen molar-refractivity contribution in [2.75, 3.05) is 7.05 Å². The third-order valence-electron chi connectivity index (χ3n) is 3.32. The average Bonchev–Trinajstić information content (AvgIpc) is 2.80. The minimum absolute atomic E-state index is 0.111. The Bertz CT molecular complexity index is 553. The Morgan fingerprint density at radius 1 is 1.42 bits per heavy atom. The Balaban J connectivity index is 2.12. The summed E-state index contributed by atoms with van der Waals surface area (Å²) in [6.07, 6.45) is 3.57. The van der Waals surface area contributed by atoms with E-state index in [1.807, 2.05) is 30.9 Å². The predicted molar refractivity (Wildman–Crippen MR) is 77.4 cm³/mol. The molecule has 1 heterocycles. The lowest BCUT2D eigenvalue weighted by Gasteiger charge is -2.18. The lowest BCUT2D eigenvalue weighted by molar-refractivity contribution is 0.527. The Morgan fingerprint density at radius 2 is 2.21 bits per heavy atom. The number of benzene rings is 1. The molecule has 0 aliphatic heterocycles. The monoisotopic (exact) mass is 325 g/mol. The third-order valence-corrected chi connectivity index (χ3v) is 4.15. The van der Waals surface area contributed by atoms with Gasteiger partial charge in [-0.3, -0.25) is 4.68 Å². The predicted octanol–water partition coefficient (Wildman–Crippen LogP) is 3.22. The van der Waals surface area contributed by atoms with Crippen molar-refractivity contribution in [2.45, 2.75) is 18.9 Å². The Hall–Kier alpha value is -1.20. The van der Waals surface area contributed by atoms with Gasteiger partial charge in [0.15, 0.2) is 0 Å². The number of aromatic nitrogens is 2. The van der Waals surface area contributed by atoms with Gasteiger partial charge in [-0.15, -0.1) is 0 Å². The summed E-state index contributed by atoms with van der Waals surface area (Å²) in [7, 11) is 3.83. The lowest BCUT2D eigenvalue weighted by atomic mass is 10.0. The van der Waals surface area contributed by atoms with Gasteiger partial charge in [-0.2, -0.15) is 5.10 Å². The molecule has 3 nitrogen and oxygen atoms in total. The van der Waals surface area contributed by atoms with Gasteiger partial charge >= 0.3 is 0 Å². The largest absolute Gasteiger partial charge is 0.313 e. The standard InChI is InChI=1S/C14H17BrFN3/c1-17-13(7-6-10-8-9-18-19(10)2)11-4-3-5-12(16)14(11)15/h3-5,8-9,13,17H,6-7H2,1-2H3. The number of hydrogen-bond donors (Lipinski definition) is 1. The molecule has 1 unspecified atom stereocenters. The van der Waals surface area contributed by atoms with Crippen molar-refractivity contribution in [3.8, 4) is 0 Å². The molecule has 0 spiro atoms. The molecule has 102 valence electrons. The van der Waals surface area contributed by atoms with E-state index in [9.17, 15) is 4.39 Å². The van der Waals surface area contributed by atoms with Crippen LogP contribution in [0.1, 0.15) is 23.7 Å². The summed E-state index contributed by atoms with van der Waals surface area (Å²) in [5.41, 5.74) is 2.12. The van der Waals surface area contributed by atoms with E-state index in [1.54, 1.807) is 12.3 Å². The van der Waals surface area contributed by atoms with Crippen LogP contribution in [0.4, 0.5) is 4.39 Å². The van der Waals surface area contributed by atoms with Crippen LogP contribution >= 0.6 is 15.9 Å². The highest BCUT2D eigenvalue weighted by Gasteiger charge is 2.15. The van der Waals surface area contributed by atoms with Crippen LogP contribution in [0.2, 0.25) is 0 Å². The van der Waals surface area contributed by atoms with Gasteiger partial charge in [0.05, 0.1) is 4.47 Å². The van der Waals surface area contributed by atoms with Gasteiger partial charge in [0.1, 0.15) is 5.82 Å². The topological polar surface area (TPSA) is 29.9 Å². The zero-order valence-electron chi connectivity index (χ0n) is 11.0. The molecule has 1 aromatic heterocycles. The highest BCUT2D eigenvalue weighted by atomic mass is 79.9. The zero-order chi connectivity index (χ0) is 13.8. The van der Waals surface area contributed by atoms with Gasteiger partial charge in [-0.05, 0) is 53.5 Å². The highest BCUT2D eigenvalue weighted by Crippen LogP contribution is 2.28. The van der Waals surface area contributed by atoms with Gasteiger partial charge in [0, 0.05) is 25.0 Å². The maximum absolute atomic E-state index is 13.6. The molecule has 0 aliphatic rings. The fraction of sp³-hybridized carbons (Fsp3) is 0.357. The maximum Gasteiger partial charge on any atom is 0.137 e. The first-order valence-electron chi connectivity index (χ1n) is 6.21. The van der Waals surface area contributed by atoms with Crippen molar-refractivity contribution in [1.29, 1.82) is 0 Å². The zero-order valence-corrected chi connectivity index (χ0v) is 12.6. The summed E-state index contributed by atoms with van der Waals surface area (Å²) in [6, 6.07) is 7.26. The van der Waals surface area contributed by atoms with E-state index < -0.39 is 0 Å². The molecule has 1 atom stereocenters. The smallest absolute Gasteiger partial charge is 0.137 e. The molecule has 2 rings (SSSR count). The van der Waals surface area contributed by atoms with Crippen LogP contribution in [0.15, 0.2) is 34.9 Å². The van der Waals surface area contributed by atoms with Crippen molar-refractivity contribution in [3.63, 3.8) is 0 Å². The molecule has 0 radical (unpaired) electrons. The number of nitrogens with zero attached hydrogens (tertiary/aromatic N) is 2. The molecule has 0 saturated heterocycles. The number of hydrogen-bond acceptors (Lipinski definition) is 2. The molecule has 0 fully saturated rings. The number of nitrogens with one attached hydrogen (secondary N) is 1. The van der Waals surface area contributed by atoms with Crippen LogP contribution in [0, 0.1) is 5.82 Å². The second-order valence-corrected chi connectivity index (χ2v) is 5.26. The highest BCUT2D eigenvalue weighted by molar-refractivity contribution is 9.10. The number of rotatable bonds is 5. The molecular weight excluding hydrogens is 309 g/mol. The summed E-state index contributed by atoms with van der Waals surface area (Å²) in [5, 5.41) is 7.39. The second kappa shape index (κ2) is 6.30. The Morgan fingerprint density at radius 3 is 2.84 bits per heavy atom. The molecule has 1 aromatic carbocycles. The summed E-state index contributed by atoms with van der Waals surface area (Å²) < 4.78 is 16.0. The minimum atomic E-state index is -0.224. The van der Waals surface area contributed by atoms with Crippen LogP contribution < -0.4 is 5.32 Å². The number of halogens is 2. The van der Waals surface area contributed by atoms with E-state index in [2.05, 4.69) is 26.3 Å². The van der Waals surface area contributed by atoms with Crippen molar-refractivity contribution in [3.05, 3.63) is 52.0 Å². The van der Waals surface area contributed by atoms with E-state index in [-0.39, 0.29) is 11.9 Å². The fourth-order valence-electron chi connectivity index (χ4n) is 2.18. The first-order valence-corrected chi connectivity index (χ1v) is 7.01. The van der Waals surface area contributed by atoms with E-state index in [0.29, 0.717) is 4.47 Å². The number of aryl methyl sites for hydroxylation is 2. The van der Waals surface area contributed by atoms with Crippen molar-refractivity contribution in [1.82, 2.24) is 15.1 Å². The van der Waals surface area contributed by atoms with Crippen molar-refractivity contribution in [2.24, 2.45) is 7.05 Å². The van der Waals surface area contributed by atoms with Crippen LogP contribution in [-0.2, 0) is 13.5 Å². The second-order valence-electron chi connectivity index (χ2n) is 4.47. The molecule has 0 aliphatic carbocycles. The summed E-state index contributed by atoms with van der Waals surface area (Å²) >= 11 is 3.32. The fourth-order valence-corrected chi connectivity index (χ4v) is 2.72. The van der Waals surface area contributed by atoms with Gasteiger partial charge in [-0.1, -0.05) is 12.1 Å². The molecule has 5 heteroatoms. The van der Waals surface area contributed by atoms with Crippen molar-refractivity contribution < 1.29 is 4.39 Å². The van der Waals surface area contributed by atoms with Gasteiger partial charge in [0.25, 0.3) is 0 Å². The van der Waals surface area contributed by atoms with Gasteiger partial charge in [-0.25, -0.2) is 4.39 Å². The lowest BCUT2D eigenvalue weighted by Crippen LogP contribution is -2.18. The first-order chi connectivity index (χ1) is 9.13. The summed E-state index contributed by atoms with van der Waals surface area (Å²) in [6.45, 7) is 0. The van der Waals surface area contributed by atoms with E-state index in [0.717, 1.165) is 18.4 Å². The van der Waals surface area contributed by atoms with Crippen LogP contribution in [-0.4, -0.2) is 16.8 Å². The van der Waals surface area contributed by atoms with Gasteiger partial charge < -0.3 is 5.32 Å². The SMILES string of the molecule is CNC(CCc1ccnn1C)c1cccc(F)c1Br. The van der Waals surface area contributed by atoms with E-state index >= 15 is 0 Å². The molecule has 0 bridgehead atoms. The van der Waals surface area contributed by atoms with E-state index in [4.69, 9.17) is 0 Å². The minimum Gasteiger partial charge on any atom is -0.313 e. The summed E-state index contributed by atoms with van der Waals surface area (Å²) in [4.78, 5) is 0. The molecule has 19 heavy (non-hydrogen) atoms. The quantitative estimate of drug-likeness (QED) is 0.914. The van der Waals surface area contributed by atoms with E-state index in [1.165, 1.54) is 11.8 Å². The summed E-state index contributed by atoms with van der Waals surface area (Å²) in [5.74, 6) is -0.224. The normalized spacial score (nSPS) is 12.6. The van der Waals surface area contributed by atoms with Gasteiger partial charge in [0.2, 0.25) is 0 Å². The molecule has 0 saturated carbocycles. The Kier molecular flexibility index (Phi) is 4.71. The van der Waals surface area contributed by atoms with Crippen LogP contribution in [0.5, 0.6) is 0 Å². The molecule has 2 aromatic rings. The average molecular weight is 326 g/mol. The molecule has 0 amide bonds.